The van der Waals surface area contributed by atoms with Gasteiger partial charge >= 0.3 is 0 Å². The highest BCUT2D eigenvalue weighted by atomic mass is 16.2. The van der Waals surface area contributed by atoms with Gasteiger partial charge < -0.3 is 15.2 Å². The van der Waals surface area contributed by atoms with Crippen LogP contribution in [-0.2, 0) is 4.79 Å². The van der Waals surface area contributed by atoms with Crippen LogP contribution in [0.1, 0.15) is 10.4 Å². The van der Waals surface area contributed by atoms with Crippen molar-refractivity contribution in [1.82, 2.24) is 10.3 Å². The number of Topliss-reactive ketones (excluding diaryl/α,β-unsaturated/α-hetero) is 1. The SMILES string of the molecule is C[NH+](C)CCNC(=O)C(=O)c1c[nH]c2ccccc12. The fourth-order valence-corrected chi connectivity index (χ4v) is 1.89. The molecule has 0 aliphatic carbocycles. The maximum Gasteiger partial charge on any atom is 0.292 e. The van der Waals surface area contributed by atoms with Crippen molar-refractivity contribution in [2.24, 2.45) is 0 Å². The highest BCUT2D eigenvalue weighted by molar-refractivity contribution is 6.44. The molecule has 3 N–H and O–H groups in total. The van der Waals surface area contributed by atoms with Crippen molar-refractivity contribution in [2.75, 3.05) is 27.2 Å². The molecule has 0 radical (unpaired) electrons. The van der Waals surface area contributed by atoms with Crippen molar-refractivity contribution in [1.29, 1.82) is 0 Å². The number of carbonyl (C=O) groups excluding carboxylic acids is 2. The third-order valence-corrected chi connectivity index (χ3v) is 2.95. The Hall–Kier alpha value is -2.14. The molecule has 2 rings (SSSR count). The van der Waals surface area contributed by atoms with Crippen LogP contribution in [0.4, 0.5) is 0 Å². The smallest absolute Gasteiger partial charge is 0.292 e. The van der Waals surface area contributed by atoms with Gasteiger partial charge in [-0.05, 0) is 6.07 Å². The maximum absolute atomic E-state index is 12.1. The second-order valence-corrected chi connectivity index (χ2v) is 4.79. The van der Waals surface area contributed by atoms with Gasteiger partial charge in [-0.15, -0.1) is 0 Å². The summed E-state index contributed by atoms with van der Waals surface area (Å²) < 4.78 is 0. The van der Waals surface area contributed by atoms with E-state index in [9.17, 15) is 9.59 Å². The number of hydrogen-bond acceptors (Lipinski definition) is 2. The number of likely N-dealkylation sites (N-methyl/N-ethyl adjacent to an activating group) is 1. The Bertz CT molecular complexity index is 602. The molecule has 0 fully saturated rings. The molecule has 0 aliphatic rings. The van der Waals surface area contributed by atoms with Crippen molar-refractivity contribution >= 4 is 22.6 Å². The number of hydrogen-bond donors (Lipinski definition) is 3. The molecule has 2 aromatic rings. The lowest BCUT2D eigenvalue weighted by Crippen LogP contribution is -3.06. The average Bonchev–Trinajstić information content (AvgIpc) is 2.81. The van der Waals surface area contributed by atoms with Crippen LogP contribution in [0.25, 0.3) is 10.9 Å². The highest BCUT2D eigenvalue weighted by Crippen LogP contribution is 2.17. The molecule has 19 heavy (non-hydrogen) atoms. The van der Waals surface area contributed by atoms with Gasteiger partial charge in [0.15, 0.2) is 0 Å². The molecule has 1 heterocycles. The predicted octanol–water partition coefficient (Wildman–Crippen LogP) is -0.389. The van der Waals surface area contributed by atoms with Crippen molar-refractivity contribution in [3.8, 4) is 0 Å². The molecule has 0 saturated carbocycles. The standard InChI is InChI=1S/C14H17N3O2/c1-17(2)8-7-15-14(19)13(18)11-9-16-12-6-4-3-5-10(11)12/h3-6,9,16H,7-8H2,1-2H3,(H,15,19)/p+1. The molecule has 5 nitrogen and oxygen atoms in total. The Morgan fingerprint density at radius 3 is 2.74 bits per heavy atom. The molecular weight excluding hydrogens is 242 g/mol. The van der Waals surface area contributed by atoms with E-state index in [1.165, 1.54) is 4.90 Å². The van der Waals surface area contributed by atoms with Gasteiger partial charge in [-0.2, -0.15) is 0 Å². The number of aromatic nitrogens is 1. The average molecular weight is 260 g/mol. The largest absolute Gasteiger partial charge is 0.360 e. The lowest BCUT2D eigenvalue weighted by molar-refractivity contribution is -0.856. The van der Waals surface area contributed by atoms with E-state index >= 15 is 0 Å². The molecule has 1 aromatic carbocycles. The number of H-pyrrole nitrogens is 1. The first kappa shape index (κ1) is 13.3. The van der Waals surface area contributed by atoms with Crippen molar-refractivity contribution in [2.45, 2.75) is 0 Å². The van der Waals surface area contributed by atoms with E-state index in [1.807, 2.05) is 38.4 Å². The minimum absolute atomic E-state index is 0.422. The van der Waals surface area contributed by atoms with Crippen LogP contribution in [-0.4, -0.2) is 43.9 Å². The molecule has 0 unspecified atom stereocenters. The molecule has 0 spiro atoms. The molecule has 0 atom stereocenters. The summed E-state index contributed by atoms with van der Waals surface area (Å²) in [5.41, 5.74) is 1.28. The van der Waals surface area contributed by atoms with Crippen LogP contribution in [0.3, 0.4) is 0 Å². The van der Waals surface area contributed by atoms with Gasteiger partial charge in [-0.3, -0.25) is 9.59 Å². The van der Waals surface area contributed by atoms with E-state index < -0.39 is 11.7 Å². The van der Waals surface area contributed by atoms with Crippen LogP contribution < -0.4 is 10.2 Å². The topological polar surface area (TPSA) is 66.4 Å². The Kier molecular flexibility index (Phi) is 3.97. The van der Waals surface area contributed by atoms with Gasteiger partial charge in [0.05, 0.1) is 32.7 Å². The van der Waals surface area contributed by atoms with E-state index in [0.29, 0.717) is 12.1 Å². The number of ketones is 1. The predicted molar refractivity (Wildman–Crippen MR) is 73.3 cm³/mol. The summed E-state index contributed by atoms with van der Waals surface area (Å²) in [6.07, 6.45) is 1.59. The van der Waals surface area contributed by atoms with Gasteiger partial charge in [0.25, 0.3) is 11.7 Å². The monoisotopic (exact) mass is 260 g/mol. The number of amides is 1. The van der Waals surface area contributed by atoms with E-state index in [-0.39, 0.29) is 0 Å². The van der Waals surface area contributed by atoms with Crippen LogP contribution in [0.2, 0.25) is 0 Å². The summed E-state index contributed by atoms with van der Waals surface area (Å²) in [7, 11) is 3.99. The zero-order valence-electron chi connectivity index (χ0n) is 11.1. The first-order valence-electron chi connectivity index (χ1n) is 6.27. The second kappa shape index (κ2) is 5.67. The van der Waals surface area contributed by atoms with Crippen molar-refractivity contribution < 1.29 is 14.5 Å². The lowest BCUT2D eigenvalue weighted by atomic mass is 10.1. The van der Waals surface area contributed by atoms with Crippen molar-refractivity contribution in [3.05, 3.63) is 36.0 Å². The number of rotatable bonds is 5. The third kappa shape index (κ3) is 3.00. The summed E-state index contributed by atoms with van der Waals surface area (Å²) >= 11 is 0. The number of benzene rings is 1. The summed E-state index contributed by atoms with van der Waals surface area (Å²) in [5.74, 6) is -1.04. The maximum atomic E-state index is 12.1. The second-order valence-electron chi connectivity index (χ2n) is 4.79. The van der Waals surface area contributed by atoms with Gasteiger partial charge in [-0.25, -0.2) is 0 Å². The first-order chi connectivity index (χ1) is 9.09. The number of fused-ring (bicyclic) bond motifs is 1. The number of quaternary nitrogens is 1. The van der Waals surface area contributed by atoms with E-state index in [0.717, 1.165) is 17.4 Å². The number of carbonyl (C=O) groups is 2. The highest BCUT2D eigenvalue weighted by Gasteiger charge is 2.19. The third-order valence-electron chi connectivity index (χ3n) is 2.95. The Morgan fingerprint density at radius 1 is 1.26 bits per heavy atom. The Labute approximate surface area is 111 Å². The summed E-state index contributed by atoms with van der Waals surface area (Å²) in [6.45, 7) is 1.28. The zero-order chi connectivity index (χ0) is 13.8. The normalized spacial score (nSPS) is 10.9. The van der Waals surface area contributed by atoms with Gasteiger partial charge in [0, 0.05) is 17.1 Å². The van der Waals surface area contributed by atoms with Crippen molar-refractivity contribution in [3.63, 3.8) is 0 Å². The van der Waals surface area contributed by atoms with Gasteiger partial charge in [0.2, 0.25) is 0 Å². The fourth-order valence-electron chi connectivity index (χ4n) is 1.89. The Morgan fingerprint density at radius 2 is 2.00 bits per heavy atom. The van der Waals surface area contributed by atoms with E-state index in [2.05, 4.69) is 10.3 Å². The molecule has 1 amide bonds. The van der Waals surface area contributed by atoms with Gasteiger partial charge in [0.1, 0.15) is 0 Å². The fraction of sp³-hybridized carbons (Fsp3) is 0.286. The molecular formula is C14H18N3O2+. The number of para-hydroxylation sites is 1. The molecule has 1 aromatic heterocycles. The molecule has 0 saturated heterocycles. The lowest BCUT2D eigenvalue weighted by Gasteiger charge is -2.07. The summed E-state index contributed by atoms with van der Waals surface area (Å²) in [4.78, 5) is 28.1. The number of nitrogens with one attached hydrogen (secondary N) is 3. The van der Waals surface area contributed by atoms with E-state index in [1.54, 1.807) is 6.20 Å². The zero-order valence-corrected chi connectivity index (χ0v) is 11.1. The van der Waals surface area contributed by atoms with Gasteiger partial charge in [-0.1, -0.05) is 18.2 Å². The van der Waals surface area contributed by atoms with Crippen LogP contribution >= 0.6 is 0 Å². The van der Waals surface area contributed by atoms with Crippen LogP contribution in [0.15, 0.2) is 30.5 Å². The summed E-state index contributed by atoms with van der Waals surface area (Å²) in [6, 6.07) is 7.43. The first-order valence-corrected chi connectivity index (χ1v) is 6.27. The quantitative estimate of drug-likeness (QED) is 0.506. The number of aromatic amines is 1. The minimum Gasteiger partial charge on any atom is -0.360 e. The van der Waals surface area contributed by atoms with E-state index in [4.69, 9.17) is 0 Å². The Balaban J connectivity index is 2.09. The van der Waals surface area contributed by atoms with Crippen LogP contribution in [0.5, 0.6) is 0 Å². The minimum atomic E-state index is -0.550. The molecule has 5 heteroatoms. The molecule has 100 valence electrons. The summed E-state index contributed by atoms with van der Waals surface area (Å²) in [5, 5.41) is 3.42. The molecule has 0 aliphatic heterocycles. The van der Waals surface area contributed by atoms with Crippen LogP contribution in [0, 0.1) is 0 Å². The molecule has 0 bridgehead atoms.